The highest BCUT2D eigenvalue weighted by Gasteiger charge is 2.15. The van der Waals surface area contributed by atoms with Gasteiger partial charge in [0.25, 0.3) is 5.91 Å². The number of carbonyl (C=O) groups is 2. The van der Waals surface area contributed by atoms with E-state index < -0.39 is 23.3 Å². The van der Waals surface area contributed by atoms with Crippen molar-refractivity contribution in [3.05, 3.63) is 39.1 Å². The molecule has 2 aromatic rings. The molecule has 2 rings (SSSR count). The number of nitrogens with one attached hydrogen (secondary N) is 1. The Morgan fingerprint density at radius 3 is 2.68 bits per heavy atom. The summed E-state index contributed by atoms with van der Waals surface area (Å²) in [5, 5.41) is 18.1. The van der Waals surface area contributed by atoms with Crippen molar-refractivity contribution in [3.8, 4) is 0 Å². The molecule has 0 aliphatic carbocycles. The summed E-state index contributed by atoms with van der Waals surface area (Å²) in [6.45, 7) is 0. The zero-order valence-electron chi connectivity index (χ0n) is 9.05. The predicted molar refractivity (Wildman–Crippen MR) is 66.2 cm³/mol. The number of halogens is 2. The molecule has 0 unspecified atom stereocenters. The third-order valence-electron chi connectivity index (χ3n) is 2.05. The Kier molecular flexibility index (Phi) is 3.72. The van der Waals surface area contributed by atoms with E-state index in [1.807, 2.05) is 0 Å². The second-order valence-corrected chi connectivity index (χ2v) is 4.87. The van der Waals surface area contributed by atoms with Gasteiger partial charge in [-0.2, -0.15) is 0 Å². The highest BCUT2D eigenvalue weighted by Crippen LogP contribution is 2.18. The minimum absolute atomic E-state index is 0.0196. The average molecular weight is 302 g/mol. The first-order valence-electron chi connectivity index (χ1n) is 4.80. The largest absolute Gasteiger partial charge is 0.478 e. The van der Waals surface area contributed by atoms with Gasteiger partial charge in [-0.3, -0.25) is 4.79 Å². The third kappa shape index (κ3) is 3.04. The molecule has 0 saturated heterocycles. The lowest BCUT2D eigenvalue weighted by atomic mass is 10.2. The molecule has 0 saturated carbocycles. The molecule has 1 aromatic heterocycles. The van der Waals surface area contributed by atoms with Crippen LogP contribution in [0, 0.1) is 5.82 Å². The minimum Gasteiger partial charge on any atom is -0.478 e. The van der Waals surface area contributed by atoms with Crippen LogP contribution in [0.2, 0.25) is 4.47 Å². The standard InChI is InChI=1S/C10H5ClFN3O3S/c11-10-15-14-8(19-10)7(16)13-4-1-2-6(12)5(3-4)9(17)18/h1-3H,(H,13,16)(H,17,18). The first-order chi connectivity index (χ1) is 8.97. The van der Waals surface area contributed by atoms with E-state index in [9.17, 15) is 14.0 Å². The van der Waals surface area contributed by atoms with Gasteiger partial charge in [0.1, 0.15) is 5.82 Å². The number of rotatable bonds is 3. The SMILES string of the molecule is O=C(Nc1ccc(F)c(C(=O)O)c1)c1nnc(Cl)s1. The summed E-state index contributed by atoms with van der Waals surface area (Å²) in [6, 6.07) is 3.20. The van der Waals surface area contributed by atoms with Crippen molar-refractivity contribution in [2.24, 2.45) is 0 Å². The van der Waals surface area contributed by atoms with Gasteiger partial charge in [0.05, 0.1) is 5.56 Å². The molecule has 9 heteroatoms. The van der Waals surface area contributed by atoms with Crippen LogP contribution in [0.5, 0.6) is 0 Å². The molecule has 1 amide bonds. The molecule has 98 valence electrons. The number of nitrogens with zero attached hydrogens (tertiary/aromatic N) is 2. The van der Waals surface area contributed by atoms with Gasteiger partial charge in [0, 0.05) is 5.69 Å². The number of carboxylic acids is 1. The Morgan fingerprint density at radius 2 is 2.11 bits per heavy atom. The van der Waals surface area contributed by atoms with Crippen molar-refractivity contribution in [2.45, 2.75) is 0 Å². The van der Waals surface area contributed by atoms with Gasteiger partial charge in [0.2, 0.25) is 9.47 Å². The molecule has 0 aliphatic rings. The molecule has 19 heavy (non-hydrogen) atoms. The number of aromatic carboxylic acids is 1. The fourth-order valence-corrected chi connectivity index (χ4v) is 1.97. The summed E-state index contributed by atoms with van der Waals surface area (Å²) in [7, 11) is 0. The zero-order valence-corrected chi connectivity index (χ0v) is 10.6. The molecule has 0 fully saturated rings. The number of carboxylic acid groups (broad SMARTS) is 1. The van der Waals surface area contributed by atoms with Crippen LogP contribution in [0.3, 0.4) is 0 Å². The van der Waals surface area contributed by atoms with E-state index in [0.29, 0.717) is 0 Å². The molecule has 0 radical (unpaired) electrons. The Balaban J connectivity index is 2.22. The van der Waals surface area contributed by atoms with Crippen LogP contribution < -0.4 is 5.32 Å². The lowest BCUT2D eigenvalue weighted by Gasteiger charge is -2.04. The van der Waals surface area contributed by atoms with E-state index in [-0.39, 0.29) is 15.2 Å². The molecule has 0 atom stereocenters. The Morgan fingerprint density at radius 1 is 1.37 bits per heavy atom. The van der Waals surface area contributed by atoms with E-state index in [1.165, 1.54) is 6.07 Å². The van der Waals surface area contributed by atoms with Crippen molar-refractivity contribution in [2.75, 3.05) is 5.32 Å². The summed E-state index contributed by atoms with van der Waals surface area (Å²) >= 11 is 6.40. The highest BCUT2D eigenvalue weighted by atomic mass is 35.5. The van der Waals surface area contributed by atoms with Crippen molar-refractivity contribution >= 4 is 40.5 Å². The Bertz CT molecular complexity index is 661. The van der Waals surface area contributed by atoms with E-state index in [0.717, 1.165) is 23.5 Å². The fraction of sp³-hybridized carbons (Fsp3) is 0. The molecule has 2 N–H and O–H groups in total. The monoisotopic (exact) mass is 301 g/mol. The number of hydrogen-bond donors (Lipinski definition) is 2. The molecule has 1 heterocycles. The summed E-state index contributed by atoms with van der Waals surface area (Å²) < 4.78 is 13.3. The fourth-order valence-electron chi connectivity index (χ4n) is 1.25. The van der Waals surface area contributed by atoms with Gasteiger partial charge in [-0.15, -0.1) is 10.2 Å². The van der Waals surface area contributed by atoms with Crippen molar-refractivity contribution in [3.63, 3.8) is 0 Å². The molecule has 0 spiro atoms. The van der Waals surface area contributed by atoms with Crippen molar-refractivity contribution in [1.82, 2.24) is 10.2 Å². The summed E-state index contributed by atoms with van der Waals surface area (Å²) in [4.78, 5) is 22.4. The number of aromatic nitrogens is 2. The van der Waals surface area contributed by atoms with Gasteiger partial charge in [0.15, 0.2) is 0 Å². The van der Waals surface area contributed by atoms with Crippen LogP contribution in [-0.4, -0.2) is 27.2 Å². The van der Waals surface area contributed by atoms with Crippen molar-refractivity contribution in [1.29, 1.82) is 0 Å². The topological polar surface area (TPSA) is 92.2 Å². The molecule has 0 bridgehead atoms. The quantitative estimate of drug-likeness (QED) is 0.907. The molecular formula is C10H5ClFN3O3S. The maximum absolute atomic E-state index is 13.2. The highest BCUT2D eigenvalue weighted by molar-refractivity contribution is 7.17. The van der Waals surface area contributed by atoms with Gasteiger partial charge in [-0.05, 0) is 29.8 Å². The van der Waals surface area contributed by atoms with Gasteiger partial charge in [-0.25, -0.2) is 9.18 Å². The molecule has 6 nitrogen and oxygen atoms in total. The summed E-state index contributed by atoms with van der Waals surface area (Å²) in [5.41, 5.74) is -0.400. The van der Waals surface area contributed by atoms with Crippen LogP contribution in [0.25, 0.3) is 0 Å². The van der Waals surface area contributed by atoms with E-state index >= 15 is 0 Å². The average Bonchev–Trinajstić information content (AvgIpc) is 2.78. The summed E-state index contributed by atoms with van der Waals surface area (Å²) in [6.07, 6.45) is 0. The van der Waals surface area contributed by atoms with Crippen LogP contribution in [0.1, 0.15) is 20.2 Å². The maximum atomic E-state index is 13.2. The summed E-state index contributed by atoms with van der Waals surface area (Å²) in [5.74, 6) is -2.91. The van der Waals surface area contributed by atoms with Crippen molar-refractivity contribution < 1.29 is 19.1 Å². The van der Waals surface area contributed by atoms with Crippen LogP contribution >= 0.6 is 22.9 Å². The van der Waals surface area contributed by atoms with Gasteiger partial charge >= 0.3 is 5.97 Å². The lowest BCUT2D eigenvalue weighted by Crippen LogP contribution is -2.12. The molecular weight excluding hydrogens is 297 g/mol. The first-order valence-corrected chi connectivity index (χ1v) is 6.00. The smallest absolute Gasteiger partial charge is 0.338 e. The number of anilines is 1. The van der Waals surface area contributed by atoms with Gasteiger partial charge < -0.3 is 10.4 Å². The Hall–Kier alpha value is -2.06. The second kappa shape index (κ2) is 5.29. The van der Waals surface area contributed by atoms with Crippen LogP contribution in [0.4, 0.5) is 10.1 Å². The first kappa shape index (κ1) is 13.4. The van der Waals surface area contributed by atoms with Crippen LogP contribution in [0.15, 0.2) is 18.2 Å². The van der Waals surface area contributed by atoms with Gasteiger partial charge in [-0.1, -0.05) is 11.3 Å². The second-order valence-electron chi connectivity index (χ2n) is 3.31. The number of carbonyl (C=O) groups excluding carboxylic acids is 1. The van der Waals surface area contributed by atoms with Crippen LogP contribution in [-0.2, 0) is 0 Å². The normalized spacial score (nSPS) is 10.2. The molecule has 1 aromatic carbocycles. The third-order valence-corrected chi connectivity index (χ3v) is 3.07. The number of amides is 1. The number of hydrogen-bond acceptors (Lipinski definition) is 5. The molecule has 0 aliphatic heterocycles. The van der Waals surface area contributed by atoms with E-state index in [4.69, 9.17) is 16.7 Å². The minimum atomic E-state index is -1.42. The van der Waals surface area contributed by atoms with E-state index in [1.54, 1.807) is 0 Å². The lowest BCUT2D eigenvalue weighted by molar-refractivity contribution is 0.0691. The zero-order chi connectivity index (χ0) is 14.0. The Labute approximate surface area is 114 Å². The van der Waals surface area contributed by atoms with E-state index in [2.05, 4.69) is 15.5 Å². The predicted octanol–water partition coefficient (Wildman–Crippen LogP) is 2.28. The maximum Gasteiger partial charge on any atom is 0.338 e. The number of benzene rings is 1.